The summed E-state index contributed by atoms with van der Waals surface area (Å²) >= 11 is 0. The summed E-state index contributed by atoms with van der Waals surface area (Å²) < 4.78 is 16.5. The Morgan fingerprint density at radius 3 is 2.59 bits per heavy atom. The molecule has 0 aliphatic rings. The number of pyridine rings is 1. The van der Waals surface area contributed by atoms with E-state index in [1.54, 1.807) is 47.2 Å². The lowest BCUT2D eigenvalue weighted by molar-refractivity contribution is 0.0951. The predicted molar refractivity (Wildman–Crippen MR) is 120 cm³/mol. The van der Waals surface area contributed by atoms with E-state index in [2.05, 4.69) is 10.3 Å². The molecule has 32 heavy (non-hydrogen) atoms. The lowest BCUT2D eigenvalue weighted by Crippen LogP contribution is -2.25. The number of hydrogen-bond donors (Lipinski definition) is 1. The van der Waals surface area contributed by atoms with Gasteiger partial charge in [0.05, 0.1) is 12.1 Å². The van der Waals surface area contributed by atoms with E-state index in [0.717, 1.165) is 16.6 Å². The van der Waals surface area contributed by atoms with E-state index in [0.29, 0.717) is 23.3 Å². The number of nitrogens with one attached hydrogen (secondary N) is 1. The van der Waals surface area contributed by atoms with Crippen molar-refractivity contribution in [1.82, 2.24) is 19.3 Å². The lowest BCUT2D eigenvalue weighted by Gasteiger charge is -2.12. The molecule has 5 aromatic rings. The first-order valence-electron chi connectivity index (χ1n) is 10.2. The van der Waals surface area contributed by atoms with Gasteiger partial charge in [-0.05, 0) is 59.7 Å². The van der Waals surface area contributed by atoms with Crippen LogP contribution in [-0.2, 0) is 13.1 Å². The van der Waals surface area contributed by atoms with Gasteiger partial charge < -0.3 is 9.72 Å². The number of rotatable bonds is 5. The van der Waals surface area contributed by atoms with Crippen LogP contribution in [0.5, 0.6) is 0 Å². The Bertz CT molecular complexity index is 1500. The van der Waals surface area contributed by atoms with Crippen LogP contribution in [0.1, 0.15) is 21.5 Å². The van der Waals surface area contributed by atoms with Gasteiger partial charge in [0.2, 0.25) is 0 Å². The van der Waals surface area contributed by atoms with Crippen LogP contribution < -0.4 is 10.9 Å². The van der Waals surface area contributed by atoms with Crippen molar-refractivity contribution >= 4 is 22.6 Å². The third-order valence-electron chi connectivity index (χ3n) is 5.39. The zero-order chi connectivity index (χ0) is 22.1. The van der Waals surface area contributed by atoms with Crippen LogP contribution in [-0.4, -0.2) is 19.9 Å². The molecule has 0 fully saturated rings. The molecule has 3 heterocycles. The Balaban J connectivity index is 1.43. The highest BCUT2D eigenvalue weighted by atomic mass is 19.1. The van der Waals surface area contributed by atoms with Crippen molar-refractivity contribution in [2.75, 3.05) is 0 Å². The molecule has 3 aromatic heterocycles. The van der Waals surface area contributed by atoms with Crippen molar-refractivity contribution in [3.8, 4) is 0 Å². The quantitative estimate of drug-likeness (QED) is 0.465. The Labute approximate surface area is 182 Å². The maximum atomic E-state index is 13.1. The van der Waals surface area contributed by atoms with Crippen molar-refractivity contribution in [2.24, 2.45) is 0 Å². The number of nitrogens with zero attached hydrogens (tertiary/aromatic N) is 3. The van der Waals surface area contributed by atoms with Gasteiger partial charge in [-0.2, -0.15) is 0 Å². The Morgan fingerprint density at radius 1 is 0.938 bits per heavy atom. The van der Waals surface area contributed by atoms with Gasteiger partial charge in [0.25, 0.3) is 11.5 Å². The first kappa shape index (κ1) is 19.7. The standard InChI is InChI=1S/C25H19FN4O2/c26-20-10-8-17(9-11-20)15-28-24(31)19-5-1-4-18(14-19)16-30-23-21(6-2-12-27-23)29-13-3-7-22(29)25(30)32/h1-14H,15-16H2,(H,28,31). The highest BCUT2D eigenvalue weighted by Gasteiger charge is 2.13. The molecule has 1 N–H and O–H groups in total. The number of fused-ring (bicyclic) bond motifs is 3. The Morgan fingerprint density at radius 2 is 1.75 bits per heavy atom. The number of benzene rings is 2. The third-order valence-corrected chi connectivity index (χ3v) is 5.39. The van der Waals surface area contributed by atoms with E-state index in [-0.39, 0.29) is 23.8 Å². The fourth-order valence-electron chi connectivity index (χ4n) is 3.81. The number of carbonyl (C=O) groups excluding carboxylic acids is 1. The van der Waals surface area contributed by atoms with Crippen molar-refractivity contribution in [3.63, 3.8) is 0 Å². The van der Waals surface area contributed by atoms with Crippen molar-refractivity contribution in [3.05, 3.63) is 118 Å². The fourth-order valence-corrected chi connectivity index (χ4v) is 3.81. The summed E-state index contributed by atoms with van der Waals surface area (Å²) in [5, 5.41) is 2.84. The Hall–Kier alpha value is -4.26. The van der Waals surface area contributed by atoms with Gasteiger partial charge in [0.15, 0.2) is 5.65 Å². The maximum Gasteiger partial charge on any atom is 0.276 e. The molecule has 6 nitrogen and oxygen atoms in total. The summed E-state index contributed by atoms with van der Waals surface area (Å²) in [6, 6.07) is 20.5. The van der Waals surface area contributed by atoms with Gasteiger partial charge in [-0.25, -0.2) is 9.37 Å². The molecule has 0 saturated carbocycles. The Kier molecular flexibility index (Phi) is 4.99. The first-order valence-corrected chi connectivity index (χ1v) is 10.2. The second-order valence-corrected chi connectivity index (χ2v) is 7.51. The third kappa shape index (κ3) is 3.65. The summed E-state index contributed by atoms with van der Waals surface area (Å²) in [4.78, 5) is 30.2. The van der Waals surface area contributed by atoms with E-state index in [9.17, 15) is 14.0 Å². The summed E-state index contributed by atoms with van der Waals surface area (Å²) in [5.41, 5.74) is 3.93. The fraction of sp³-hybridized carbons (Fsp3) is 0.0800. The largest absolute Gasteiger partial charge is 0.348 e. The number of amides is 1. The van der Waals surface area contributed by atoms with Crippen LogP contribution in [0.2, 0.25) is 0 Å². The van der Waals surface area contributed by atoms with Gasteiger partial charge in [0.1, 0.15) is 11.3 Å². The van der Waals surface area contributed by atoms with E-state index in [4.69, 9.17) is 0 Å². The highest BCUT2D eigenvalue weighted by Crippen LogP contribution is 2.15. The van der Waals surface area contributed by atoms with Crippen LogP contribution in [0.15, 0.2) is 90.0 Å². The maximum absolute atomic E-state index is 13.1. The molecule has 0 atom stereocenters. The van der Waals surface area contributed by atoms with Crippen LogP contribution in [0, 0.1) is 5.82 Å². The van der Waals surface area contributed by atoms with E-state index < -0.39 is 0 Å². The average Bonchev–Trinajstić information content (AvgIpc) is 3.32. The molecule has 1 amide bonds. The SMILES string of the molecule is O=C(NCc1ccc(F)cc1)c1cccc(Cn2c(=O)c3cccn3c3cccnc32)c1. The molecule has 0 aliphatic heterocycles. The monoisotopic (exact) mass is 426 g/mol. The summed E-state index contributed by atoms with van der Waals surface area (Å²) in [6.45, 7) is 0.579. The molecule has 158 valence electrons. The summed E-state index contributed by atoms with van der Waals surface area (Å²) in [7, 11) is 0. The van der Waals surface area contributed by atoms with Gasteiger partial charge in [-0.15, -0.1) is 0 Å². The summed E-state index contributed by atoms with van der Waals surface area (Å²) in [5.74, 6) is -0.558. The van der Waals surface area contributed by atoms with Gasteiger partial charge in [-0.3, -0.25) is 14.2 Å². The van der Waals surface area contributed by atoms with Crippen LogP contribution in [0.4, 0.5) is 4.39 Å². The minimum absolute atomic E-state index is 0.146. The molecule has 0 unspecified atom stereocenters. The smallest absolute Gasteiger partial charge is 0.276 e. The molecule has 2 aromatic carbocycles. The van der Waals surface area contributed by atoms with Crippen molar-refractivity contribution in [2.45, 2.75) is 13.1 Å². The van der Waals surface area contributed by atoms with Crippen LogP contribution in [0.25, 0.3) is 16.7 Å². The first-order chi connectivity index (χ1) is 15.6. The van der Waals surface area contributed by atoms with Crippen LogP contribution >= 0.6 is 0 Å². The van der Waals surface area contributed by atoms with Gasteiger partial charge in [0, 0.05) is 24.5 Å². The lowest BCUT2D eigenvalue weighted by atomic mass is 10.1. The molecular weight excluding hydrogens is 407 g/mol. The zero-order valence-electron chi connectivity index (χ0n) is 17.0. The molecule has 0 aliphatic carbocycles. The topological polar surface area (TPSA) is 68.4 Å². The zero-order valence-corrected chi connectivity index (χ0v) is 17.0. The predicted octanol–water partition coefficient (Wildman–Crippen LogP) is 3.77. The van der Waals surface area contributed by atoms with E-state index >= 15 is 0 Å². The normalized spacial score (nSPS) is 11.2. The molecule has 0 spiro atoms. The molecule has 7 heteroatoms. The molecule has 0 bridgehead atoms. The number of carbonyl (C=O) groups is 1. The minimum atomic E-state index is -0.316. The minimum Gasteiger partial charge on any atom is -0.348 e. The number of aromatic nitrogens is 3. The van der Waals surface area contributed by atoms with Crippen molar-refractivity contribution < 1.29 is 9.18 Å². The number of hydrogen-bond acceptors (Lipinski definition) is 3. The average molecular weight is 426 g/mol. The highest BCUT2D eigenvalue weighted by molar-refractivity contribution is 5.94. The molecule has 5 rings (SSSR count). The summed E-state index contributed by atoms with van der Waals surface area (Å²) in [6.07, 6.45) is 3.50. The van der Waals surface area contributed by atoms with E-state index in [1.165, 1.54) is 12.1 Å². The van der Waals surface area contributed by atoms with Crippen LogP contribution in [0.3, 0.4) is 0 Å². The van der Waals surface area contributed by atoms with Crippen molar-refractivity contribution in [1.29, 1.82) is 0 Å². The molecule has 0 radical (unpaired) electrons. The number of halogens is 1. The van der Waals surface area contributed by atoms with E-state index in [1.807, 2.05) is 34.9 Å². The second-order valence-electron chi connectivity index (χ2n) is 7.51. The molecule has 0 saturated heterocycles. The molecular formula is C25H19FN4O2. The second kappa shape index (κ2) is 8.11. The van der Waals surface area contributed by atoms with Gasteiger partial charge in [-0.1, -0.05) is 24.3 Å². The van der Waals surface area contributed by atoms with Gasteiger partial charge >= 0.3 is 0 Å².